The van der Waals surface area contributed by atoms with Crippen molar-refractivity contribution in [1.82, 2.24) is 9.61 Å². The molecule has 0 spiro atoms. The summed E-state index contributed by atoms with van der Waals surface area (Å²) in [5.74, 6) is -0.629. The number of halogens is 3. The van der Waals surface area contributed by atoms with Gasteiger partial charge >= 0.3 is 12.1 Å². The van der Waals surface area contributed by atoms with Crippen molar-refractivity contribution >= 4 is 27.2 Å². The van der Waals surface area contributed by atoms with Crippen LogP contribution in [-0.2, 0) is 20.9 Å². The number of pyridine rings is 1. The van der Waals surface area contributed by atoms with Gasteiger partial charge in [-0.15, -0.1) is 0 Å². The van der Waals surface area contributed by atoms with Crippen LogP contribution in [0, 0.1) is 0 Å². The van der Waals surface area contributed by atoms with Gasteiger partial charge < -0.3 is 4.74 Å². The Kier molecular flexibility index (Phi) is 5.02. The monoisotopic (exact) mass is 413 g/mol. The smallest absolute Gasteiger partial charge is 0.416 e. The Hall–Kier alpha value is -3.08. The van der Waals surface area contributed by atoms with Crippen LogP contribution in [0.5, 0.6) is 0 Å². The molecule has 0 aliphatic heterocycles. The van der Waals surface area contributed by atoms with E-state index in [0.717, 1.165) is 18.2 Å². The largest absolute Gasteiger partial charge is 0.462 e. The van der Waals surface area contributed by atoms with E-state index in [0.29, 0.717) is 6.07 Å². The first-order valence-corrected chi connectivity index (χ1v) is 9.45. The molecular formula is C17H14F3N3O4S. The minimum absolute atomic E-state index is 0.0518. The first-order valence-electron chi connectivity index (χ1n) is 7.96. The highest BCUT2D eigenvalue weighted by Gasteiger charge is 2.31. The van der Waals surface area contributed by atoms with Gasteiger partial charge in [-0.25, -0.2) is 17.7 Å². The highest BCUT2D eigenvalue weighted by molar-refractivity contribution is 7.92. The van der Waals surface area contributed by atoms with Crippen LogP contribution >= 0.6 is 0 Å². The van der Waals surface area contributed by atoms with Crippen molar-refractivity contribution in [3.8, 4) is 0 Å². The van der Waals surface area contributed by atoms with Crippen LogP contribution in [0.25, 0.3) is 5.52 Å². The number of rotatable bonds is 5. The molecule has 11 heteroatoms. The van der Waals surface area contributed by atoms with Crippen molar-refractivity contribution in [2.75, 3.05) is 11.3 Å². The van der Waals surface area contributed by atoms with Crippen LogP contribution in [-0.4, -0.2) is 30.6 Å². The number of carbonyl (C=O) groups excluding carboxylic acids is 1. The number of esters is 1. The number of nitrogens with zero attached hydrogens (tertiary/aromatic N) is 2. The van der Waals surface area contributed by atoms with Crippen molar-refractivity contribution in [3.05, 3.63) is 59.9 Å². The van der Waals surface area contributed by atoms with Gasteiger partial charge in [0.2, 0.25) is 0 Å². The number of anilines is 1. The Labute approximate surface area is 157 Å². The van der Waals surface area contributed by atoms with Gasteiger partial charge in [-0.05, 0) is 37.3 Å². The lowest BCUT2D eigenvalue weighted by Crippen LogP contribution is -2.15. The van der Waals surface area contributed by atoms with Crippen molar-refractivity contribution in [2.24, 2.45) is 0 Å². The molecule has 0 bridgehead atoms. The summed E-state index contributed by atoms with van der Waals surface area (Å²) in [5.41, 5.74) is -0.619. The Morgan fingerprint density at radius 3 is 2.68 bits per heavy atom. The van der Waals surface area contributed by atoms with Crippen LogP contribution in [0.15, 0.2) is 53.7 Å². The van der Waals surface area contributed by atoms with E-state index in [1.807, 2.05) is 0 Å². The summed E-state index contributed by atoms with van der Waals surface area (Å²) in [4.78, 5) is 11.4. The third-order valence-corrected chi connectivity index (χ3v) is 5.12. The van der Waals surface area contributed by atoms with Crippen LogP contribution in [0.1, 0.15) is 22.8 Å². The average molecular weight is 413 g/mol. The maximum Gasteiger partial charge on any atom is 0.416 e. The van der Waals surface area contributed by atoms with Gasteiger partial charge in [0.05, 0.1) is 34.5 Å². The lowest BCUT2D eigenvalue weighted by atomic mass is 10.2. The number of nitrogens with one attached hydrogen (secondary N) is 1. The van der Waals surface area contributed by atoms with Crippen LogP contribution in [0.2, 0.25) is 0 Å². The standard InChI is InChI=1S/C17H14F3N3O4S/c1-2-27-16(24)14-10-21-23-7-6-12(9-15(14)23)22-28(25,26)13-5-3-4-11(8-13)17(18,19)20/h3-10,22H,2H2,1H3. The molecule has 0 atom stereocenters. The van der Waals surface area contributed by atoms with E-state index in [9.17, 15) is 26.4 Å². The van der Waals surface area contributed by atoms with Crippen molar-refractivity contribution in [1.29, 1.82) is 0 Å². The minimum atomic E-state index is -4.67. The Morgan fingerprint density at radius 1 is 1.25 bits per heavy atom. The van der Waals surface area contributed by atoms with Crippen molar-refractivity contribution in [3.63, 3.8) is 0 Å². The van der Waals surface area contributed by atoms with E-state index in [4.69, 9.17) is 4.74 Å². The molecule has 0 saturated heterocycles. The van der Waals surface area contributed by atoms with Gasteiger partial charge in [0.25, 0.3) is 10.0 Å². The molecule has 0 unspecified atom stereocenters. The molecule has 28 heavy (non-hydrogen) atoms. The molecule has 3 rings (SSSR count). The van der Waals surface area contributed by atoms with E-state index >= 15 is 0 Å². The second-order valence-corrected chi connectivity index (χ2v) is 7.34. The lowest BCUT2D eigenvalue weighted by molar-refractivity contribution is -0.137. The number of ether oxygens (including phenoxy) is 1. The Morgan fingerprint density at radius 2 is 2.00 bits per heavy atom. The third-order valence-electron chi connectivity index (χ3n) is 3.74. The average Bonchev–Trinajstić information content (AvgIpc) is 3.04. The number of fused-ring (bicyclic) bond motifs is 1. The summed E-state index contributed by atoms with van der Waals surface area (Å²) in [6, 6.07) is 6.09. The van der Waals surface area contributed by atoms with Gasteiger partial charge in [0, 0.05) is 6.20 Å². The molecule has 1 aromatic carbocycles. The van der Waals surface area contributed by atoms with Gasteiger partial charge in [-0.2, -0.15) is 18.3 Å². The van der Waals surface area contributed by atoms with Crippen LogP contribution < -0.4 is 4.72 Å². The Balaban J connectivity index is 1.95. The number of hydrogen-bond acceptors (Lipinski definition) is 5. The number of sulfonamides is 1. The minimum Gasteiger partial charge on any atom is -0.462 e. The van der Waals surface area contributed by atoms with E-state index in [2.05, 4.69) is 9.82 Å². The second-order valence-electron chi connectivity index (χ2n) is 5.66. The fourth-order valence-corrected chi connectivity index (χ4v) is 3.56. The molecule has 0 radical (unpaired) electrons. The predicted molar refractivity (Wildman–Crippen MR) is 93.4 cm³/mol. The summed E-state index contributed by atoms with van der Waals surface area (Å²) < 4.78 is 71.9. The summed E-state index contributed by atoms with van der Waals surface area (Å²) in [6.07, 6.45) is -1.99. The summed E-state index contributed by atoms with van der Waals surface area (Å²) in [6.45, 7) is 1.79. The molecule has 148 valence electrons. The quantitative estimate of drug-likeness (QED) is 0.648. The van der Waals surface area contributed by atoms with E-state index in [1.165, 1.54) is 29.0 Å². The van der Waals surface area contributed by atoms with Gasteiger partial charge in [0.1, 0.15) is 5.56 Å². The summed E-state index contributed by atoms with van der Waals surface area (Å²) >= 11 is 0. The first kappa shape index (κ1) is 19.7. The third kappa shape index (κ3) is 3.93. The lowest BCUT2D eigenvalue weighted by Gasteiger charge is -2.11. The van der Waals surface area contributed by atoms with Crippen molar-refractivity contribution in [2.45, 2.75) is 18.0 Å². The van der Waals surface area contributed by atoms with E-state index in [-0.39, 0.29) is 23.4 Å². The van der Waals surface area contributed by atoms with Crippen LogP contribution in [0.3, 0.4) is 0 Å². The van der Waals surface area contributed by atoms with Gasteiger partial charge in [-0.1, -0.05) is 6.07 Å². The molecule has 1 N–H and O–H groups in total. The highest BCUT2D eigenvalue weighted by atomic mass is 32.2. The number of benzene rings is 1. The molecule has 7 nitrogen and oxygen atoms in total. The van der Waals surface area contributed by atoms with E-state index in [1.54, 1.807) is 6.92 Å². The number of hydrogen-bond donors (Lipinski definition) is 1. The molecule has 2 aromatic heterocycles. The highest BCUT2D eigenvalue weighted by Crippen LogP contribution is 2.31. The Bertz CT molecular complexity index is 1140. The van der Waals surface area contributed by atoms with Crippen LogP contribution in [0.4, 0.5) is 18.9 Å². The molecule has 0 fully saturated rings. The first-order chi connectivity index (χ1) is 13.1. The fraction of sp³-hybridized carbons (Fsp3) is 0.176. The molecule has 0 saturated carbocycles. The normalized spacial score (nSPS) is 12.1. The summed E-state index contributed by atoms with van der Waals surface area (Å²) in [7, 11) is -4.29. The zero-order valence-electron chi connectivity index (χ0n) is 14.4. The van der Waals surface area contributed by atoms with Gasteiger partial charge in [-0.3, -0.25) is 4.72 Å². The molecule has 3 aromatic rings. The SMILES string of the molecule is CCOC(=O)c1cnn2ccc(NS(=O)(=O)c3cccc(C(F)(F)F)c3)cc12. The van der Waals surface area contributed by atoms with E-state index < -0.39 is 32.6 Å². The topological polar surface area (TPSA) is 89.8 Å². The number of aromatic nitrogens is 2. The fourth-order valence-electron chi connectivity index (χ4n) is 2.46. The maximum atomic E-state index is 12.8. The molecule has 2 heterocycles. The molecular weight excluding hydrogens is 399 g/mol. The second kappa shape index (κ2) is 7.15. The zero-order valence-corrected chi connectivity index (χ0v) is 15.2. The zero-order chi connectivity index (χ0) is 20.5. The molecule has 0 aliphatic carbocycles. The molecule has 0 amide bonds. The molecule has 0 aliphatic rings. The number of alkyl halides is 3. The van der Waals surface area contributed by atoms with Crippen molar-refractivity contribution < 1.29 is 31.1 Å². The van der Waals surface area contributed by atoms with Gasteiger partial charge in [0.15, 0.2) is 0 Å². The maximum absolute atomic E-state index is 12.8. The number of carbonyl (C=O) groups is 1. The predicted octanol–water partition coefficient (Wildman–Crippen LogP) is 3.33. The summed E-state index contributed by atoms with van der Waals surface area (Å²) in [5, 5.41) is 3.97.